The predicted octanol–water partition coefficient (Wildman–Crippen LogP) is 8.92. The first-order valence-electron chi connectivity index (χ1n) is 15.3. The summed E-state index contributed by atoms with van der Waals surface area (Å²) in [6.07, 6.45) is 5.40. The third kappa shape index (κ3) is 4.09. The second kappa shape index (κ2) is 9.14. The maximum Gasteiger partial charge on any atom is 0.216 e. The molecule has 0 radical (unpaired) electrons. The molecular weight excluding hydrogens is 464 g/mol. The van der Waals surface area contributed by atoms with Crippen LogP contribution in [0.2, 0.25) is 0 Å². The van der Waals surface area contributed by atoms with Gasteiger partial charge < -0.3 is 4.42 Å². The fourth-order valence-corrected chi connectivity index (χ4v) is 5.96. The molecule has 3 aromatic carbocycles. The van der Waals surface area contributed by atoms with E-state index in [2.05, 4.69) is 26.0 Å². The van der Waals surface area contributed by atoms with Gasteiger partial charge in [0.05, 0.1) is 17.2 Å². The van der Waals surface area contributed by atoms with Crippen LogP contribution in [0.3, 0.4) is 0 Å². The van der Waals surface area contributed by atoms with Crippen LogP contribution in [-0.2, 0) is 7.05 Å². The van der Waals surface area contributed by atoms with Crippen LogP contribution in [-0.4, -0.2) is 0 Å². The highest BCUT2D eigenvalue weighted by atomic mass is 16.3. The molecule has 0 amide bonds. The van der Waals surface area contributed by atoms with Crippen LogP contribution in [0.15, 0.2) is 71.3 Å². The van der Waals surface area contributed by atoms with Gasteiger partial charge in [0.25, 0.3) is 0 Å². The van der Waals surface area contributed by atoms with E-state index in [1.54, 1.807) is 12.3 Å². The number of benzene rings is 3. The zero-order chi connectivity index (χ0) is 30.0. The van der Waals surface area contributed by atoms with Crippen molar-refractivity contribution in [1.29, 1.82) is 5.26 Å². The summed E-state index contributed by atoms with van der Waals surface area (Å²) in [7, 11) is 1.85. The molecule has 38 heavy (non-hydrogen) atoms. The minimum absolute atomic E-state index is 0.277. The van der Waals surface area contributed by atoms with Crippen molar-refractivity contribution in [2.45, 2.75) is 59.2 Å². The lowest BCUT2D eigenvalue weighted by Crippen LogP contribution is -2.31. The summed E-state index contributed by atoms with van der Waals surface area (Å²) in [6.45, 7) is 4.39. The highest BCUT2D eigenvalue weighted by Gasteiger charge is 2.28. The van der Waals surface area contributed by atoms with Gasteiger partial charge in [0, 0.05) is 33.4 Å². The first kappa shape index (κ1) is 20.1. The lowest BCUT2D eigenvalue weighted by Gasteiger charge is -2.34. The van der Waals surface area contributed by atoms with Gasteiger partial charge >= 0.3 is 0 Å². The van der Waals surface area contributed by atoms with Crippen LogP contribution >= 0.6 is 0 Å². The highest BCUT2D eigenvalue weighted by molar-refractivity contribution is 6.14. The summed E-state index contributed by atoms with van der Waals surface area (Å²) in [5.74, 6) is -0.589. The van der Waals surface area contributed by atoms with E-state index in [-0.39, 0.29) is 11.0 Å². The van der Waals surface area contributed by atoms with E-state index in [4.69, 9.17) is 8.53 Å². The second-order valence-electron chi connectivity index (χ2n) is 11.5. The van der Waals surface area contributed by atoms with Crippen molar-refractivity contribution >= 4 is 21.9 Å². The van der Waals surface area contributed by atoms with Gasteiger partial charge in [0.2, 0.25) is 5.69 Å². The molecule has 5 aromatic rings. The lowest BCUT2D eigenvalue weighted by molar-refractivity contribution is -0.660. The summed E-state index contributed by atoms with van der Waals surface area (Å²) in [5, 5.41) is 11.9. The van der Waals surface area contributed by atoms with Gasteiger partial charge in [-0.25, -0.2) is 4.57 Å². The monoisotopic (exact) mass is 503 g/mol. The van der Waals surface area contributed by atoms with Gasteiger partial charge in [-0.1, -0.05) is 50.2 Å². The average molecular weight is 504 g/mol. The Labute approximate surface area is 231 Å². The molecule has 2 aromatic heterocycles. The number of aromatic nitrogens is 1. The first-order valence-corrected chi connectivity index (χ1v) is 13.3. The Hall–Kier alpha value is -3.90. The Morgan fingerprint density at radius 2 is 1.63 bits per heavy atom. The normalized spacial score (nSPS) is 18.4. The summed E-state index contributed by atoms with van der Waals surface area (Å²) >= 11 is 0. The van der Waals surface area contributed by atoms with Crippen molar-refractivity contribution in [1.82, 2.24) is 0 Å². The van der Waals surface area contributed by atoms with Crippen molar-refractivity contribution in [3.05, 3.63) is 89.1 Å². The Morgan fingerprint density at radius 3 is 2.29 bits per heavy atom. The van der Waals surface area contributed by atoms with Crippen molar-refractivity contribution in [3.63, 3.8) is 0 Å². The number of furan rings is 1. The molecule has 190 valence electrons. The van der Waals surface area contributed by atoms with E-state index >= 15 is 0 Å². The summed E-state index contributed by atoms with van der Waals surface area (Å²) < 4.78 is 41.1. The van der Waals surface area contributed by atoms with Crippen molar-refractivity contribution in [2.75, 3.05) is 0 Å². The average Bonchev–Trinajstić information content (AvgIpc) is 3.32. The Kier molecular flexibility index (Phi) is 4.84. The molecule has 2 heterocycles. The maximum absolute atomic E-state index is 10.1. The molecule has 6 rings (SSSR count). The summed E-state index contributed by atoms with van der Waals surface area (Å²) in [5.41, 5.74) is 7.80. The molecule has 3 heteroatoms. The molecule has 1 aliphatic carbocycles. The van der Waals surface area contributed by atoms with Gasteiger partial charge in [0.1, 0.15) is 18.2 Å². The van der Waals surface area contributed by atoms with E-state index in [1.807, 2.05) is 67.1 Å². The fourth-order valence-electron chi connectivity index (χ4n) is 5.96. The number of pyridine rings is 1. The van der Waals surface area contributed by atoms with Gasteiger partial charge in [-0.3, -0.25) is 0 Å². The maximum atomic E-state index is 10.1. The minimum atomic E-state index is -2.19. The fraction of sp³-hybridized carbons (Fsp3) is 0.314. The summed E-state index contributed by atoms with van der Waals surface area (Å²) in [6, 6.07) is 21.9. The molecule has 0 bridgehead atoms. The van der Waals surface area contributed by atoms with E-state index in [1.165, 1.54) is 0 Å². The number of hydrogen-bond donors (Lipinski definition) is 0. The third-order valence-electron chi connectivity index (χ3n) is 8.32. The number of nitriles is 1. The minimum Gasteiger partial charge on any atom is -0.454 e. The van der Waals surface area contributed by atoms with Crippen LogP contribution in [0.25, 0.3) is 44.3 Å². The summed E-state index contributed by atoms with van der Waals surface area (Å²) in [4.78, 5) is 0. The van der Waals surface area contributed by atoms with Gasteiger partial charge in [-0.05, 0) is 85.7 Å². The number of fused-ring (bicyclic) bond motifs is 3. The van der Waals surface area contributed by atoms with Gasteiger partial charge in [-0.15, -0.1) is 0 Å². The van der Waals surface area contributed by atoms with Crippen LogP contribution in [0.1, 0.15) is 73.2 Å². The van der Waals surface area contributed by atoms with E-state index in [0.29, 0.717) is 16.7 Å². The van der Waals surface area contributed by atoms with Crippen molar-refractivity contribution in [2.24, 2.45) is 12.5 Å². The van der Waals surface area contributed by atoms with Crippen LogP contribution in [0, 0.1) is 30.5 Å². The van der Waals surface area contributed by atoms with E-state index in [9.17, 15) is 6.63 Å². The molecule has 0 saturated heterocycles. The highest BCUT2D eigenvalue weighted by Crippen LogP contribution is 2.44. The first-order chi connectivity index (χ1) is 19.8. The zero-order valence-electron chi connectivity index (χ0n) is 26.5. The van der Waals surface area contributed by atoms with Crippen molar-refractivity contribution < 1.29 is 14.5 Å². The quantitative estimate of drug-likeness (QED) is 0.231. The SMILES string of the molecule is [2H]C([2H])([2H])c1ccc(-c2c(C)ccc3c2oc2c(-c4ccc(C5([2H])CCC(C)(C)CC5)cc4)c(C#N)ccc23)[n+](C)c1. The Bertz CT molecular complexity index is 1880. The predicted molar refractivity (Wildman–Crippen MR) is 155 cm³/mol. The van der Waals surface area contributed by atoms with Crippen LogP contribution in [0.5, 0.6) is 0 Å². The topological polar surface area (TPSA) is 40.8 Å². The van der Waals surface area contributed by atoms with Gasteiger partial charge in [-0.2, -0.15) is 5.26 Å². The molecule has 1 fully saturated rings. The van der Waals surface area contributed by atoms with E-state index in [0.717, 1.165) is 70.0 Å². The smallest absolute Gasteiger partial charge is 0.216 e. The molecule has 1 aliphatic rings. The second-order valence-corrected chi connectivity index (χ2v) is 11.5. The molecule has 0 atom stereocenters. The molecule has 0 spiro atoms. The number of rotatable bonds is 3. The molecule has 3 nitrogen and oxygen atoms in total. The lowest BCUT2D eigenvalue weighted by atomic mass is 9.71. The van der Waals surface area contributed by atoms with Crippen LogP contribution < -0.4 is 4.57 Å². The molecule has 0 unspecified atom stereocenters. The van der Waals surface area contributed by atoms with E-state index < -0.39 is 12.7 Å². The number of nitrogens with zero attached hydrogens (tertiary/aromatic N) is 2. The number of hydrogen-bond acceptors (Lipinski definition) is 2. The number of aryl methyl sites for hydroxylation is 3. The molecule has 0 aliphatic heterocycles. The van der Waals surface area contributed by atoms with Crippen LogP contribution in [0.4, 0.5) is 0 Å². The molecule has 1 saturated carbocycles. The Morgan fingerprint density at radius 1 is 0.947 bits per heavy atom. The zero-order valence-corrected chi connectivity index (χ0v) is 22.5. The Balaban J connectivity index is 1.50. The molecular formula is C35H35N2O+. The third-order valence-corrected chi connectivity index (χ3v) is 8.32. The van der Waals surface area contributed by atoms with Gasteiger partial charge in [0.15, 0.2) is 6.20 Å². The standard InChI is InChI=1S/C35H35N2O/c1-22-6-15-30(37(5)21-22)31-23(2)7-13-28-29-14-12-27(20-36)32(34(29)38-33(28)31)26-10-8-24(9-11-26)25-16-18-35(3,4)19-17-25/h6-15,21,25H,16-19H2,1-5H3/q+1/i1D3,25D. The largest absolute Gasteiger partial charge is 0.454 e. The van der Waals surface area contributed by atoms with Crippen molar-refractivity contribution in [3.8, 4) is 28.5 Å². The molecule has 0 N–H and O–H groups in total.